The normalized spacial score (nSPS) is 16.7. The molecule has 1 saturated carbocycles. The topological polar surface area (TPSA) is 68.0 Å². The molecule has 0 spiro atoms. The first kappa shape index (κ1) is 6.33. The number of carbonyl (C=O) groups is 1. The predicted molar refractivity (Wildman–Crippen MR) is 35.3 cm³/mol. The molecule has 1 aromatic heterocycles. The quantitative estimate of drug-likeness (QED) is 0.664. The van der Waals surface area contributed by atoms with Crippen molar-refractivity contribution in [2.75, 3.05) is 0 Å². The van der Waals surface area contributed by atoms with Gasteiger partial charge in [-0.05, 0) is 12.8 Å². The zero-order valence-corrected chi connectivity index (χ0v) is 5.77. The molecule has 0 atom stereocenters. The third kappa shape index (κ3) is 1.09. The van der Waals surface area contributed by atoms with Gasteiger partial charge in [-0.2, -0.15) is 9.90 Å². The molecular weight excluding hydrogens is 146 g/mol. The van der Waals surface area contributed by atoms with E-state index in [0.717, 1.165) is 12.8 Å². The maximum absolute atomic E-state index is 10.3. The molecule has 0 amide bonds. The third-order valence-corrected chi connectivity index (χ3v) is 1.60. The van der Waals surface area contributed by atoms with Gasteiger partial charge in [0.15, 0.2) is 5.69 Å². The number of rotatable bonds is 2. The number of hydrogen-bond acceptors (Lipinski definition) is 3. The number of carboxylic acids is 1. The van der Waals surface area contributed by atoms with Crippen LogP contribution in [0.2, 0.25) is 0 Å². The second-order valence-electron chi connectivity index (χ2n) is 2.59. The Balaban J connectivity index is 2.25. The molecular formula is C6H7N3O2. The lowest BCUT2D eigenvalue weighted by Crippen LogP contribution is -2.01. The fraction of sp³-hybridized carbons (Fsp3) is 0.500. The maximum Gasteiger partial charge on any atom is 0.358 e. The second-order valence-corrected chi connectivity index (χ2v) is 2.59. The zero-order valence-electron chi connectivity index (χ0n) is 5.77. The first-order valence-corrected chi connectivity index (χ1v) is 3.42. The van der Waals surface area contributed by atoms with Crippen LogP contribution in [0, 0.1) is 0 Å². The van der Waals surface area contributed by atoms with Crippen LogP contribution in [0.4, 0.5) is 0 Å². The van der Waals surface area contributed by atoms with E-state index in [0.29, 0.717) is 6.04 Å². The van der Waals surface area contributed by atoms with Gasteiger partial charge in [-0.1, -0.05) is 0 Å². The highest BCUT2D eigenvalue weighted by Crippen LogP contribution is 2.32. The van der Waals surface area contributed by atoms with Crippen molar-refractivity contribution in [2.24, 2.45) is 0 Å². The molecule has 0 bridgehead atoms. The summed E-state index contributed by atoms with van der Waals surface area (Å²) >= 11 is 0. The summed E-state index contributed by atoms with van der Waals surface area (Å²) in [6.07, 6.45) is 3.40. The van der Waals surface area contributed by atoms with E-state index < -0.39 is 5.97 Å². The van der Waals surface area contributed by atoms with Crippen LogP contribution in [0.1, 0.15) is 29.4 Å². The standard InChI is InChI=1S/C6H7N3O2/c10-6(11)5-3-7-9(8-5)4-1-2-4/h3-4H,1-2H2,(H,10,11). The molecule has 1 aromatic rings. The Morgan fingerprint density at radius 2 is 2.45 bits per heavy atom. The molecule has 58 valence electrons. The van der Waals surface area contributed by atoms with Crippen LogP contribution in [-0.4, -0.2) is 26.1 Å². The third-order valence-electron chi connectivity index (χ3n) is 1.60. The monoisotopic (exact) mass is 153 g/mol. The van der Waals surface area contributed by atoms with E-state index in [2.05, 4.69) is 10.2 Å². The van der Waals surface area contributed by atoms with Crippen molar-refractivity contribution < 1.29 is 9.90 Å². The molecule has 11 heavy (non-hydrogen) atoms. The predicted octanol–water partition coefficient (Wildman–Crippen LogP) is 0.311. The van der Waals surface area contributed by atoms with Gasteiger partial charge < -0.3 is 5.11 Å². The summed E-state index contributed by atoms with van der Waals surface area (Å²) in [7, 11) is 0. The first-order valence-electron chi connectivity index (χ1n) is 3.42. The Kier molecular flexibility index (Phi) is 1.18. The lowest BCUT2D eigenvalue weighted by molar-refractivity contribution is 0.0689. The first-order chi connectivity index (χ1) is 5.27. The molecule has 1 aliphatic carbocycles. The van der Waals surface area contributed by atoms with Crippen LogP contribution in [-0.2, 0) is 0 Å². The van der Waals surface area contributed by atoms with E-state index in [-0.39, 0.29) is 5.69 Å². The van der Waals surface area contributed by atoms with Gasteiger partial charge in [0.1, 0.15) is 0 Å². The van der Waals surface area contributed by atoms with Crippen molar-refractivity contribution in [1.29, 1.82) is 0 Å². The van der Waals surface area contributed by atoms with E-state index >= 15 is 0 Å². The number of aromatic carboxylic acids is 1. The molecule has 2 rings (SSSR count). The average molecular weight is 153 g/mol. The highest BCUT2D eigenvalue weighted by atomic mass is 16.4. The Hall–Kier alpha value is -1.39. The minimum Gasteiger partial charge on any atom is -0.476 e. The summed E-state index contributed by atoms with van der Waals surface area (Å²) in [5.41, 5.74) is 0.0249. The maximum atomic E-state index is 10.3. The number of aromatic nitrogens is 3. The Morgan fingerprint density at radius 1 is 1.73 bits per heavy atom. The highest BCUT2D eigenvalue weighted by molar-refractivity contribution is 5.84. The fourth-order valence-electron chi connectivity index (χ4n) is 0.855. The molecule has 0 saturated heterocycles. The highest BCUT2D eigenvalue weighted by Gasteiger charge is 2.26. The van der Waals surface area contributed by atoms with E-state index in [4.69, 9.17) is 5.11 Å². The molecule has 0 unspecified atom stereocenters. The fourth-order valence-corrected chi connectivity index (χ4v) is 0.855. The van der Waals surface area contributed by atoms with E-state index in [1.165, 1.54) is 11.0 Å². The van der Waals surface area contributed by atoms with E-state index in [1.54, 1.807) is 0 Å². The smallest absolute Gasteiger partial charge is 0.358 e. The van der Waals surface area contributed by atoms with Gasteiger partial charge in [-0.25, -0.2) is 4.79 Å². The van der Waals surface area contributed by atoms with Crippen LogP contribution in [0.15, 0.2) is 6.20 Å². The molecule has 1 N–H and O–H groups in total. The lowest BCUT2D eigenvalue weighted by Gasteiger charge is -1.89. The minimum atomic E-state index is -1.02. The molecule has 1 heterocycles. The average Bonchev–Trinajstić information content (AvgIpc) is 2.68. The summed E-state index contributed by atoms with van der Waals surface area (Å²) in [4.78, 5) is 11.8. The Labute approximate surface area is 62.6 Å². The molecule has 0 aromatic carbocycles. The minimum absolute atomic E-state index is 0.0249. The summed E-state index contributed by atoms with van der Waals surface area (Å²) in [5, 5.41) is 16.1. The van der Waals surface area contributed by atoms with Crippen LogP contribution in [0.3, 0.4) is 0 Å². The molecule has 5 heteroatoms. The molecule has 0 radical (unpaired) electrons. The van der Waals surface area contributed by atoms with Gasteiger partial charge in [0.05, 0.1) is 12.2 Å². The number of carboxylic acid groups (broad SMARTS) is 1. The van der Waals surface area contributed by atoms with Gasteiger partial charge in [0.25, 0.3) is 0 Å². The van der Waals surface area contributed by atoms with Gasteiger partial charge >= 0.3 is 5.97 Å². The molecule has 5 nitrogen and oxygen atoms in total. The zero-order chi connectivity index (χ0) is 7.84. The van der Waals surface area contributed by atoms with Crippen molar-refractivity contribution in [2.45, 2.75) is 18.9 Å². The molecule has 1 fully saturated rings. The summed E-state index contributed by atoms with van der Waals surface area (Å²) in [5.74, 6) is -1.02. The summed E-state index contributed by atoms with van der Waals surface area (Å²) in [6, 6.07) is 0.350. The van der Waals surface area contributed by atoms with Gasteiger partial charge in [-0.3, -0.25) is 0 Å². The lowest BCUT2D eigenvalue weighted by atomic mass is 10.5. The summed E-state index contributed by atoms with van der Waals surface area (Å²) in [6.45, 7) is 0. The number of hydrogen-bond donors (Lipinski definition) is 1. The number of nitrogens with zero attached hydrogens (tertiary/aromatic N) is 3. The van der Waals surface area contributed by atoms with Crippen molar-refractivity contribution in [3.8, 4) is 0 Å². The Morgan fingerprint density at radius 3 is 2.91 bits per heavy atom. The molecule has 1 aliphatic rings. The van der Waals surface area contributed by atoms with Crippen LogP contribution < -0.4 is 0 Å². The van der Waals surface area contributed by atoms with Crippen LogP contribution >= 0.6 is 0 Å². The summed E-state index contributed by atoms with van der Waals surface area (Å²) < 4.78 is 0. The van der Waals surface area contributed by atoms with Gasteiger partial charge in [0, 0.05) is 0 Å². The van der Waals surface area contributed by atoms with Crippen molar-refractivity contribution in [1.82, 2.24) is 15.0 Å². The second kappa shape index (κ2) is 2.05. The van der Waals surface area contributed by atoms with Crippen molar-refractivity contribution >= 4 is 5.97 Å². The van der Waals surface area contributed by atoms with E-state index in [1.807, 2.05) is 0 Å². The molecule has 0 aliphatic heterocycles. The van der Waals surface area contributed by atoms with Gasteiger partial charge in [0.2, 0.25) is 0 Å². The SMILES string of the molecule is O=C(O)c1cnn(C2CC2)n1. The largest absolute Gasteiger partial charge is 0.476 e. The van der Waals surface area contributed by atoms with Crippen LogP contribution in [0.5, 0.6) is 0 Å². The van der Waals surface area contributed by atoms with E-state index in [9.17, 15) is 4.79 Å². The Bertz CT molecular complexity index is 290. The van der Waals surface area contributed by atoms with Crippen molar-refractivity contribution in [3.63, 3.8) is 0 Å². The van der Waals surface area contributed by atoms with Crippen molar-refractivity contribution in [3.05, 3.63) is 11.9 Å². The van der Waals surface area contributed by atoms with Gasteiger partial charge in [-0.15, -0.1) is 5.10 Å². The van der Waals surface area contributed by atoms with Crippen LogP contribution in [0.25, 0.3) is 0 Å².